The first-order valence-electron chi connectivity index (χ1n) is 6.14. The number of hydrogen-bond acceptors (Lipinski definition) is 3. The number of aliphatic hydroxyl groups is 1. The molecule has 3 rings (SSSR count). The molecular weight excluding hydrogens is 276 g/mol. The Morgan fingerprint density at radius 1 is 1.20 bits per heavy atom. The second-order valence-corrected chi connectivity index (χ2v) is 4.90. The molecule has 0 bridgehead atoms. The van der Waals surface area contributed by atoms with E-state index in [0.29, 0.717) is 10.8 Å². The molecule has 102 valence electrons. The van der Waals surface area contributed by atoms with E-state index in [0.717, 1.165) is 22.3 Å². The number of methoxy groups -OCH3 is 1. The number of imidazole rings is 1. The van der Waals surface area contributed by atoms with Gasteiger partial charge in [-0.1, -0.05) is 23.7 Å². The summed E-state index contributed by atoms with van der Waals surface area (Å²) >= 11 is 5.84. The maximum absolute atomic E-state index is 10.3. The Labute approximate surface area is 121 Å². The lowest BCUT2D eigenvalue weighted by molar-refractivity contribution is 0.211. The van der Waals surface area contributed by atoms with Crippen LogP contribution in [0.15, 0.2) is 42.5 Å². The van der Waals surface area contributed by atoms with Crippen molar-refractivity contribution in [2.75, 3.05) is 7.11 Å². The number of rotatable bonds is 3. The van der Waals surface area contributed by atoms with E-state index in [4.69, 9.17) is 16.3 Å². The average Bonchev–Trinajstić information content (AvgIpc) is 2.90. The molecule has 3 aromatic rings. The van der Waals surface area contributed by atoms with Crippen LogP contribution in [0.3, 0.4) is 0 Å². The van der Waals surface area contributed by atoms with Crippen molar-refractivity contribution in [3.63, 3.8) is 0 Å². The molecule has 0 amide bonds. The number of nitrogens with zero attached hydrogens (tertiary/aromatic N) is 1. The highest BCUT2D eigenvalue weighted by Gasteiger charge is 2.15. The van der Waals surface area contributed by atoms with E-state index in [1.807, 2.05) is 18.2 Å². The molecule has 0 aliphatic carbocycles. The third kappa shape index (κ3) is 2.35. The lowest BCUT2D eigenvalue weighted by Crippen LogP contribution is -2.01. The summed E-state index contributed by atoms with van der Waals surface area (Å²) in [6, 6.07) is 12.6. The van der Waals surface area contributed by atoms with Crippen molar-refractivity contribution in [1.82, 2.24) is 9.97 Å². The van der Waals surface area contributed by atoms with E-state index < -0.39 is 6.10 Å². The number of aromatic nitrogens is 2. The molecule has 0 aliphatic rings. The predicted octanol–water partition coefficient (Wildman–Crippen LogP) is 3.31. The summed E-state index contributed by atoms with van der Waals surface area (Å²) in [6.45, 7) is 0. The third-order valence-electron chi connectivity index (χ3n) is 3.15. The molecule has 1 aromatic heterocycles. The summed E-state index contributed by atoms with van der Waals surface area (Å²) in [5.74, 6) is 1.24. The first-order chi connectivity index (χ1) is 9.67. The summed E-state index contributed by atoms with van der Waals surface area (Å²) in [6.07, 6.45) is -0.814. The zero-order valence-corrected chi connectivity index (χ0v) is 11.6. The maximum atomic E-state index is 10.3. The SMILES string of the molecule is COc1ccc2nc(C(O)c3ccc(Cl)cc3)[nH]c2c1. The predicted molar refractivity (Wildman–Crippen MR) is 78.2 cm³/mol. The van der Waals surface area contributed by atoms with E-state index in [-0.39, 0.29) is 0 Å². The van der Waals surface area contributed by atoms with Gasteiger partial charge in [-0.05, 0) is 29.8 Å². The molecule has 1 unspecified atom stereocenters. The van der Waals surface area contributed by atoms with E-state index in [2.05, 4.69) is 9.97 Å². The number of hydrogen-bond donors (Lipinski definition) is 2. The fraction of sp³-hybridized carbons (Fsp3) is 0.133. The Bertz CT molecular complexity index is 737. The molecule has 5 heteroatoms. The molecule has 0 aliphatic heterocycles. The number of aliphatic hydroxyl groups excluding tert-OH is 1. The third-order valence-corrected chi connectivity index (χ3v) is 3.40. The fourth-order valence-corrected chi connectivity index (χ4v) is 2.19. The first kappa shape index (κ1) is 13.0. The molecule has 4 nitrogen and oxygen atoms in total. The standard InChI is InChI=1S/C15H13ClN2O2/c1-20-11-6-7-12-13(8-11)18-15(17-12)14(19)9-2-4-10(16)5-3-9/h2-8,14,19H,1H3,(H,17,18). The van der Waals surface area contributed by atoms with Gasteiger partial charge in [-0.15, -0.1) is 0 Å². The van der Waals surface area contributed by atoms with Crippen LogP contribution in [0.4, 0.5) is 0 Å². The Morgan fingerprint density at radius 3 is 2.65 bits per heavy atom. The minimum Gasteiger partial charge on any atom is -0.497 e. The van der Waals surface area contributed by atoms with Gasteiger partial charge in [0.15, 0.2) is 0 Å². The number of ether oxygens (including phenoxy) is 1. The Balaban J connectivity index is 1.98. The minimum atomic E-state index is -0.814. The van der Waals surface area contributed by atoms with Crippen LogP contribution in [-0.2, 0) is 0 Å². The van der Waals surface area contributed by atoms with Crippen molar-refractivity contribution < 1.29 is 9.84 Å². The topological polar surface area (TPSA) is 58.1 Å². The second kappa shape index (κ2) is 5.15. The van der Waals surface area contributed by atoms with Gasteiger partial charge in [-0.25, -0.2) is 4.98 Å². The van der Waals surface area contributed by atoms with Gasteiger partial charge in [0.2, 0.25) is 0 Å². The van der Waals surface area contributed by atoms with Gasteiger partial charge in [-0.3, -0.25) is 0 Å². The van der Waals surface area contributed by atoms with Gasteiger partial charge in [0.25, 0.3) is 0 Å². The van der Waals surface area contributed by atoms with Crippen LogP contribution in [0.1, 0.15) is 17.5 Å². The molecule has 0 radical (unpaired) electrons. The number of H-pyrrole nitrogens is 1. The molecule has 0 spiro atoms. The van der Waals surface area contributed by atoms with E-state index in [9.17, 15) is 5.11 Å². The van der Waals surface area contributed by atoms with Crippen LogP contribution in [0.5, 0.6) is 5.75 Å². The summed E-state index contributed by atoms with van der Waals surface area (Å²) in [7, 11) is 1.61. The minimum absolute atomic E-state index is 0.496. The Hall–Kier alpha value is -2.04. The van der Waals surface area contributed by atoms with E-state index in [1.54, 1.807) is 31.4 Å². The van der Waals surface area contributed by atoms with Crippen LogP contribution >= 0.6 is 11.6 Å². The summed E-state index contributed by atoms with van der Waals surface area (Å²) < 4.78 is 5.16. The number of halogens is 1. The second-order valence-electron chi connectivity index (χ2n) is 4.46. The molecule has 0 saturated heterocycles. The zero-order chi connectivity index (χ0) is 14.1. The van der Waals surface area contributed by atoms with Crippen LogP contribution in [0, 0.1) is 0 Å². The van der Waals surface area contributed by atoms with Gasteiger partial charge in [0.1, 0.15) is 17.7 Å². The average molecular weight is 289 g/mol. The van der Waals surface area contributed by atoms with Crippen LogP contribution in [-0.4, -0.2) is 22.2 Å². The monoisotopic (exact) mass is 288 g/mol. The normalized spacial score (nSPS) is 12.6. The number of benzene rings is 2. The van der Waals surface area contributed by atoms with Gasteiger partial charge in [0.05, 0.1) is 18.1 Å². The summed E-state index contributed by atoms with van der Waals surface area (Å²) in [4.78, 5) is 7.50. The highest BCUT2D eigenvalue weighted by molar-refractivity contribution is 6.30. The molecule has 0 fully saturated rings. The quantitative estimate of drug-likeness (QED) is 0.777. The van der Waals surface area contributed by atoms with E-state index in [1.165, 1.54) is 0 Å². The molecule has 0 saturated carbocycles. The lowest BCUT2D eigenvalue weighted by atomic mass is 10.1. The molecule has 20 heavy (non-hydrogen) atoms. The lowest BCUT2D eigenvalue weighted by Gasteiger charge is -2.07. The molecule has 2 N–H and O–H groups in total. The zero-order valence-electron chi connectivity index (χ0n) is 10.8. The number of nitrogens with one attached hydrogen (secondary N) is 1. The number of fused-ring (bicyclic) bond motifs is 1. The Kier molecular flexibility index (Phi) is 3.34. The van der Waals surface area contributed by atoms with Crippen LogP contribution < -0.4 is 4.74 Å². The molecule has 1 heterocycles. The summed E-state index contributed by atoms with van der Waals surface area (Å²) in [5.41, 5.74) is 2.35. The van der Waals surface area contributed by atoms with Crippen LogP contribution in [0.2, 0.25) is 5.02 Å². The van der Waals surface area contributed by atoms with Gasteiger partial charge in [0, 0.05) is 11.1 Å². The van der Waals surface area contributed by atoms with Crippen molar-refractivity contribution in [3.05, 3.63) is 58.9 Å². The van der Waals surface area contributed by atoms with Crippen molar-refractivity contribution >= 4 is 22.6 Å². The van der Waals surface area contributed by atoms with Crippen molar-refractivity contribution in [2.24, 2.45) is 0 Å². The largest absolute Gasteiger partial charge is 0.497 e. The van der Waals surface area contributed by atoms with Crippen LogP contribution in [0.25, 0.3) is 11.0 Å². The molecule has 2 aromatic carbocycles. The highest BCUT2D eigenvalue weighted by Crippen LogP contribution is 2.25. The van der Waals surface area contributed by atoms with E-state index >= 15 is 0 Å². The van der Waals surface area contributed by atoms with Crippen molar-refractivity contribution in [3.8, 4) is 5.75 Å². The smallest absolute Gasteiger partial charge is 0.140 e. The fourth-order valence-electron chi connectivity index (χ4n) is 2.07. The number of aromatic amines is 1. The van der Waals surface area contributed by atoms with Gasteiger partial charge >= 0.3 is 0 Å². The van der Waals surface area contributed by atoms with Crippen molar-refractivity contribution in [1.29, 1.82) is 0 Å². The van der Waals surface area contributed by atoms with Gasteiger partial charge in [-0.2, -0.15) is 0 Å². The van der Waals surface area contributed by atoms with Gasteiger partial charge < -0.3 is 14.8 Å². The first-order valence-corrected chi connectivity index (χ1v) is 6.52. The summed E-state index contributed by atoms with van der Waals surface area (Å²) in [5, 5.41) is 11.0. The Morgan fingerprint density at radius 2 is 1.95 bits per heavy atom. The molecule has 1 atom stereocenters. The van der Waals surface area contributed by atoms with Crippen molar-refractivity contribution in [2.45, 2.75) is 6.10 Å². The highest BCUT2D eigenvalue weighted by atomic mass is 35.5. The molecular formula is C15H13ClN2O2. The maximum Gasteiger partial charge on any atom is 0.140 e.